The largest absolute Gasteiger partial charge is 0.378 e. The highest BCUT2D eigenvalue weighted by Gasteiger charge is 2.10. The van der Waals surface area contributed by atoms with Gasteiger partial charge in [0.25, 0.3) is 0 Å². The number of ether oxygens (including phenoxy) is 1. The molecule has 1 aliphatic heterocycles. The van der Waals surface area contributed by atoms with Crippen LogP contribution in [0.5, 0.6) is 0 Å². The van der Waals surface area contributed by atoms with Crippen LogP contribution in [-0.2, 0) is 11.2 Å². The molecule has 0 saturated carbocycles. The zero-order chi connectivity index (χ0) is 10.5. The van der Waals surface area contributed by atoms with E-state index < -0.39 is 0 Å². The van der Waals surface area contributed by atoms with Crippen LogP contribution in [0.25, 0.3) is 0 Å². The minimum atomic E-state index is 0.715. The molecule has 1 heterocycles. The van der Waals surface area contributed by atoms with Gasteiger partial charge in [-0.25, -0.2) is 0 Å². The minimum Gasteiger partial charge on any atom is -0.378 e. The Kier molecular flexibility index (Phi) is 3.59. The van der Waals surface area contributed by atoms with Gasteiger partial charge in [0.15, 0.2) is 0 Å². The fourth-order valence-electron chi connectivity index (χ4n) is 1.90. The molecule has 3 nitrogen and oxygen atoms in total. The Morgan fingerprint density at radius 2 is 2.07 bits per heavy atom. The highest BCUT2D eigenvalue weighted by atomic mass is 16.5. The summed E-state index contributed by atoms with van der Waals surface area (Å²) in [6.45, 7) is 4.37. The molecular formula is C12H18N2O. The minimum absolute atomic E-state index is 0.715. The lowest BCUT2D eigenvalue weighted by molar-refractivity contribution is 0.122. The predicted molar refractivity (Wildman–Crippen MR) is 62.2 cm³/mol. The second kappa shape index (κ2) is 5.14. The van der Waals surface area contributed by atoms with E-state index in [4.69, 9.17) is 10.5 Å². The van der Waals surface area contributed by atoms with Crippen LogP contribution in [0.15, 0.2) is 24.3 Å². The average molecular weight is 206 g/mol. The average Bonchev–Trinajstić information content (AvgIpc) is 2.31. The first kappa shape index (κ1) is 10.5. The molecule has 0 unspecified atom stereocenters. The summed E-state index contributed by atoms with van der Waals surface area (Å²) >= 11 is 0. The molecule has 3 heteroatoms. The normalized spacial score (nSPS) is 16.7. The van der Waals surface area contributed by atoms with Crippen molar-refractivity contribution in [2.45, 2.75) is 6.42 Å². The van der Waals surface area contributed by atoms with E-state index in [1.807, 2.05) is 0 Å². The SMILES string of the molecule is NCCc1cccc(N2CCOCC2)c1. The lowest BCUT2D eigenvalue weighted by Crippen LogP contribution is -2.36. The van der Waals surface area contributed by atoms with Crippen LogP contribution in [0.4, 0.5) is 5.69 Å². The fourth-order valence-corrected chi connectivity index (χ4v) is 1.90. The smallest absolute Gasteiger partial charge is 0.0642 e. The summed E-state index contributed by atoms with van der Waals surface area (Å²) in [6, 6.07) is 8.64. The molecule has 1 aliphatic rings. The van der Waals surface area contributed by atoms with Crippen LogP contribution < -0.4 is 10.6 Å². The maximum Gasteiger partial charge on any atom is 0.0642 e. The van der Waals surface area contributed by atoms with Crippen LogP contribution in [0.3, 0.4) is 0 Å². The van der Waals surface area contributed by atoms with E-state index in [0.717, 1.165) is 32.7 Å². The van der Waals surface area contributed by atoms with Gasteiger partial charge in [-0.05, 0) is 30.7 Å². The monoisotopic (exact) mass is 206 g/mol. The van der Waals surface area contributed by atoms with Crippen LogP contribution in [0.2, 0.25) is 0 Å². The third kappa shape index (κ3) is 2.70. The third-order valence-electron chi connectivity index (χ3n) is 2.72. The number of hydrogen-bond acceptors (Lipinski definition) is 3. The highest BCUT2D eigenvalue weighted by molar-refractivity contribution is 5.49. The van der Waals surface area contributed by atoms with Crippen molar-refractivity contribution in [2.24, 2.45) is 5.73 Å². The Bertz CT molecular complexity index is 308. The Morgan fingerprint density at radius 1 is 1.27 bits per heavy atom. The number of morpholine rings is 1. The Balaban J connectivity index is 2.09. The van der Waals surface area contributed by atoms with Gasteiger partial charge in [0.1, 0.15) is 0 Å². The molecule has 1 aromatic rings. The van der Waals surface area contributed by atoms with Crippen molar-refractivity contribution in [1.29, 1.82) is 0 Å². The molecule has 0 atom stereocenters. The summed E-state index contributed by atoms with van der Waals surface area (Å²) < 4.78 is 5.34. The van der Waals surface area contributed by atoms with E-state index in [9.17, 15) is 0 Å². The summed E-state index contributed by atoms with van der Waals surface area (Å²) in [6.07, 6.45) is 0.957. The van der Waals surface area contributed by atoms with Crippen molar-refractivity contribution in [3.8, 4) is 0 Å². The lowest BCUT2D eigenvalue weighted by Gasteiger charge is -2.29. The van der Waals surface area contributed by atoms with Crippen LogP contribution in [0, 0.1) is 0 Å². The summed E-state index contributed by atoms with van der Waals surface area (Å²) in [5.74, 6) is 0. The number of benzene rings is 1. The molecule has 0 radical (unpaired) electrons. The van der Waals surface area contributed by atoms with E-state index >= 15 is 0 Å². The first-order valence-corrected chi connectivity index (χ1v) is 5.52. The fraction of sp³-hybridized carbons (Fsp3) is 0.500. The Labute approximate surface area is 90.8 Å². The molecule has 2 N–H and O–H groups in total. The molecular weight excluding hydrogens is 188 g/mol. The molecule has 1 saturated heterocycles. The molecule has 0 amide bonds. The second-order valence-corrected chi connectivity index (χ2v) is 3.81. The molecule has 0 aromatic heterocycles. The maximum atomic E-state index is 5.56. The van der Waals surface area contributed by atoms with Crippen molar-refractivity contribution in [3.63, 3.8) is 0 Å². The van der Waals surface area contributed by atoms with Gasteiger partial charge in [-0.15, -0.1) is 0 Å². The number of rotatable bonds is 3. The number of anilines is 1. The topological polar surface area (TPSA) is 38.5 Å². The van der Waals surface area contributed by atoms with Gasteiger partial charge in [0.05, 0.1) is 13.2 Å². The zero-order valence-electron chi connectivity index (χ0n) is 8.98. The van der Waals surface area contributed by atoms with E-state index in [1.165, 1.54) is 11.3 Å². The number of nitrogens with zero attached hydrogens (tertiary/aromatic N) is 1. The standard InChI is InChI=1S/C12H18N2O/c13-5-4-11-2-1-3-12(10-11)14-6-8-15-9-7-14/h1-3,10H,4-9,13H2. The molecule has 1 fully saturated rings. The first-order chi connectivity index (χ1) is 7.40. The first-order valence-electron chi connectivity index (χ1n) is 5.52. The summed E-state index contributed by atoms with van der Waals surface area (Å²) in [7, 11) is 0. The van der Waals surface area contributed by atoms with Crippen molar-refractivity contribution >= 4 is 5.69 Å². The predicted octanol–water partition coefficient (Wildman–Crippen LogP) is 1.02. The zero-order valence-corrected chi connectivity index (χ0v) is 8.98. The van der Waals surface area contributed by atoms with Crippen molar-refractivity contribution in [2.75, 3.05) is 37.7 Å². The molecule has 15 heavy (non-hydrogen) atoms. The van der Waals surface area contributed by atoms with Gasteiger partial charge in [-0.3, -0.25) is 0 Å². The lowest BCUT2D eigenvalue weighted by atomic mass is 10.1. The van der Waals surface area contributed by atoms with Gasteiger partial charge in [0, 0.05) is 18.8 Å². The van der Waals surface area contributed by atoms with Gasteiger partial charge >= 0.3 is 0 Å². The van der Waals surface area contributed by atoms with E-state index in [2.05, 4.69) is 29.2 Å². The Morgan fingerprint density at radius 3 is 2.80 bits per heavy atom. The van der Waals surface area contributed by atoms with Crippen LogP contribution >= 0.6 is 0 Å². The quantitative estimate of drug-likeness (QED) is 0.802. The molecule has 0 aliphatic carbocycles. The van der Waals surface area contributed by atoms with Crippen LogP contribution in [-0.4, -0.2) is 32.8 Å². The summed E-state index contributed by atoms with van der Waals surface area (Å²) in [5.41, 5.74) is 8.17. The van der Waals surface area contributed by atoms with E-state index in [1.54, 1.807) is 0 Å². The van der Waals surface area contributed by atoms with Crippen LogP contribution in [0.1, 0.15) is 5.56 Å². The van der Waals surface area contributed by atoms with Crippen molar-refractivity contribution in [1.82, 2.24) is 0 Å². The number of nitrogens with two attached hydrogens (primary N) is 1. The highest BCUT2D eigenvalue weighted by Crippen LogP contribution is 2.17. The molecule has 82 valence electrons. The molecule has 0 spiro atoms. The second-order valence-electron chi connectivity index (χ2n) is 3.81. The van der Waals surface area contributed by atoms with Gasteiger partial charge in [-0.2, -0.15) is 0 Å². The van der Waals surface area contributed by atoms with E-state index in [0.29, 0.717) is 6.54 Å². The van der Waals surface area contributed by atoms with Gasteiger partial charge in [-0.1, -0.05) is 12.1 Å². The van der Waals surface area contributed by atoms with Crippen molar-refractivity contribution in [3.05, 3.63) is 29.8 Å². The Hall–Kier alpha value is -1.06. The molecule has 1 aromatic carbocycles. The molecule has 0 bridgehead atoms. The summed E-state index contributed by atoms with van der Waals surface area (Å²) in [4.78, 5) is 2.36. The van der Waals surface area contributed by atoms with Crippen molar-refractivity contribution < 1.29 is 4.74 Å². The number of hydrogen-bond donors (Lipinski definition) is 1. The van der Waals surface area contributed by atoms with E-state index in [-0.39, 0.29) is 0 Å². The van der Waals surface area contributed by atoms with Gasteiger partial charge < -0.3 is 15.4 Å². The third-order valence-corrected chi connectivity index (χ3v) is 2.72. The van der Waals surface area contributed by atoms with Gasteiger partial charge in [0.2, 0.25) is 0 Å². The summed E-state index contributed by atoms with van der Waals surface area (Å²) in [5, 5.41) is 0. The maximum absolute atomic E-state index is 5.56. The molecule has 2 rings (SSSR count).